The van der Waals surface area contributed by atoms with Gasteiger partial charge in [-0.1, -0.05) is 63.1 Å². The zero-order chi connectivity index (χ0) is 26.9. The second kappa shape index (κ2) is 13.4. The molecule has 0 saturated carbocycles. The monoisotopic (exact) mass is 519 g/mol. The Morgan fingerprint density at radius 2 is 1.63 bits per heavy atom. The fourth-order valence-corrected chi connectivity index (χ4v) is 4.72. The maximum Gasteiger partial charge on any atom is 0.226 e. The van der Waals surface area contributed by atoms with Crippen molar-refractivity contribution in [2.45, 2.75) is 64.5 Å². The van der Waals surface area contributed by atoms with Gasteiger partial charge in [0.25, 0.3) is 0 Å². The van der Waals surface area contributed by atoms with Gasteiger partial charge in [-0.3, -0.25) is 4.79 Å². The molecule has 202 valence electrons. The lowest BCUT2D eigenvalue weighted by molar-refractivity contribution is -0.136. The van der Waals surface area contributed by atoms with Crippen molar-refractivity contribution in [1.29, 1.82) is 0 Å². The van der Waals surface area contributed by atoms with Crippen LogP contribution >= 0.6 is 0 Å². The molecular formula is C32H38FNO4. The van der Waals surface area contributed by atoms with E-state index in [0.29, 0.717) is 31.6 Å². The molecule has 2 N–H and O–H groups in total. The van der Waals surface area contributed by atoms with Gasteiger partial charge in [0.15, 0.2) is 0 Å². The lowest BCUT2D eigenvalue weighted by atomic mass is 9.80. The van der Waals surface area contributed by atoms with Crippen molar-refractivity contribution in [3.05, 3.63) is 83.7 Å². The first kappa shape index (κ1) is 27.6. The number of halogens is 1. The minimum Gasteiger partial charge on any atom is -0.494 e. The molecular weight excluding hydrogens is 481 g/mol. The minimum absolute atomic E-state index is 0.0261. The van der Waals surface area contributed by atoms with Gasteiger partial charge >= 0.3 is 0 Å². The van der Waals surface area contributed by atoms with E-state index in [0.717, 1.165) is 53.9 Å². The number of nitrogens with one attached hydrogen (secondary N) is 1. The van der Waals surface area contributed by atoms with E-state index < -0.39 is 6.10 Å². The number of aliphatic hydroxyl groups excluding tert-OH is 1. The average molecular weight is 520 g/mol. The Hall–Kier alpha value is -3.38. The predicted molar refractivity (Wildman–Crippen MR) is 148 cm³/mol. The number of β-lactam (4-membered cyclic amide) rings is 1. The Balaban J connectivity index is 1.51. The molecule has 0 aliphatic carbocycles. The highest BCUT2D eigenvalue weighted by molar-refractivity contribution is 5.87. The Morgan fingerprint density at radius 3 is 2.34 bits per heavy atom. The first-order chi connectivity index (χ1) is 18.5. The minimum atomic E-state index is -0.751. The average Bonchev–Trinajstić information content (AvgIpc) is 2.92. The molecule has 1 aliphatic heterocycles. The van der Waals surface area contributed by atoms with Gasteiger partial charge in [0.05, 0.1) is 31.3 Å². The van der Waals surface area contributed by atoms with Crippen LogP contribution in [0.3, 0.4) is 0 Å². The van der Waals surface area contributed by atoms with Gasteiger partial charge in [-0.15, -0.1) is 0 Å². The molecule has 3 aromatic carbocycles. The highest BCUT2D eigenvalue weighted by atomic mass is 19.1. The van der Waals surface area contributed by atoms with Crippen molar-refractivity contribution in [3.8, 4) is 22.6 Å². The summed E-state index contributed by atoms with van der Waals surface area (Å²) in [6.45, 7) is 5.56. The normalized spacial score (nSPS) is 17.4. The van der Waals surface area contributed by atoms with Crippen LogP contribution in [0, 0.1) is 11.7 Å². The molecule has 1 fully saturated rings. The molecule has 1 aliphatic rings. The maximum absolute atomic E-state index is 13.2. The summed E-state index contributed by atoms with van der Waals surface area (Å²) in [5.74, 6) is 0.984. The van der Waals surface area contributed by atoms with Crippen LogP contribution in [-0.4, -0.2) is 24.2 Å². The molecule has 3 atom stereocenters. The third-order valence-electron chi connectivity index (χ3n) is 7.08. The van der Waals surface area contributed by atoms with Crippen LogP contribution in [-0.2, 0) is 4.79 Å². The SMILES string of the molecule is CCCCOc1cccc(-c2ccc([C@H]3NC(=O)[C@@H]3CC[C@H](O)c3ccc(F)cc3)c(OCCCC)c2)c1. The number of amides is 1. The second-order valence-corrected chi connectivity index (χ2v) is 9.92. The molecule has 1 heterocycles. The molecule has 5 nitrogen and oxygen atoms in total. The van der Waals surface area contributed by atoms with E-state index in [4.69, 9.17) is 9.47 Å². The van der Waals surface area contributed by atoms with E-state index in [9.17, 15) is 14.3 Å². The van der Waals surface area contributed by atoms with E-state index in [1.165, 1.54) is 12.1 Å². The molecule has 0 aromatic heterocycles. The second-order valence-electron chi connectivity index (χ2n) is 9.92. The van der Waals surface area contributed by atoms with Gasteiger partial charge < -0.3 is 19.9 Å². The molecule has 4 rings (SSSR count). The van der Waals surface area contributed by atoms with Gasteiger partial charge in [-0.25, -0.2) is 4.39 Å². The molecule has 3 aromatic rings. The number of carbonyl (C=O) groups excluding carboxylic acids is 1. The topological polar surface area (TPSA) is 67.8 Å². The van der Waals surface area contributed by atoms with Gasteiger partial charge in [0, 0.05) is 5.56 Å². The number of hydrogen-bond donors (Lipinski definition) is 2. The Morgan fingerprint density at radius 1 is 0.921 bits per heavy atom. The standard InChI is InChI=1S/C32H38FNO4/c1-3-5-18-37-26-9-7-8-23(20-26)24-12-15-27(30(21-24)38-19-6-4-2)31-28(32(36)34-31)16-17-29(35)22-10-13-25(33)14-11-22/h7-15,20-21,28-29,31,35H,3-6,16-19H2,1-2H3,(H,34,36)/t28-,29+,31-/m1/s1. The molecule has 0 spiro atoms. The van der Waals surface area contributed by atoms with Crippen LogP contribution in [0.15, 0.2) is 66.7 Å². The van der Waals surface area contributed by atoms with E-state index in [1.54, 1.807) is 12.1 Å². The molecule has 0 radical (unpaired) electrons. The summed E-state index contributed by atoms with van der Waals surface area (Å²) >= 11 is 0. The van der Waals surface area contributed by atoms with Crippen LogP contribution in [0.4, 0.5) is 4.39 Å². The number of carbonyl (C=O) groups is 1. The summed E-state index contributed by atoms with van der Waals surface area (Å²) in [4.78, 5) is 12.5. The van der Waals surface area contributed by atoms with E-state index >= 15 is 0 Å². The fraction of sp³-hybridized carbons (Fsp3) is 0.406. The van der Waals surface area contributed by atoms with Gasteiger partial charge in [-0.2, -0.15) is 0 Å². The number of hydrogen-bond acceptors (Lipinski definition) is 4. The summed E-state index contributed by atoms with van der Waals surface area (Å²) in [5.41, 5.74) is 3.66. The Kier molecular flexibility index (Phi) is 9.77. The van der Waals surface area contributed by atoms with E-state index in [2.05, 4.69) is 31.3 Å². The third kappa shape index (κ3) is 6.93. The highest BCUT2D eigenvalue weighted by Crippen LogP contribution is 2.41. The molecule has 1 saturated heterocycles. The van der Waals surface area contributed by atoms with Crippen molar-refractivity contribution in [3.63, 3.8) is 0 Å². The van der Waals surface area contributed by atoms with Crippen molar-refractivity contribution in [1.82, 2.24) is 5.32 Å². The summed E-state index contributed by atoms with van der Waals surface area (Å²) in [7, 11) is 0. The lowest BCUT2D eigenvalue weighted by Gasteiger charge is -2.38. The molecule has 0 bridgehead atoms. The van der Waals surface area contributed by atoms with Crippen molar-refractivity contribution in [2.24, 2.45) is 5.92 Å². The first-order valence-corrected chi connectivity index (χ1v) is 13.7. The summed E-state index contributed by atoms with van der Waals surface area (Å²) in [6.07, 6.45) is 4.24. The van der Waals surface area contributed by atoms with Crippen LogP contribution < -0.4 is 14.8 Å². The molecule has 1 amide bonds. The van der Waals surface area contributed by atoms with Gasteiger partial charge in [0.1, 0.15) is 17.3 Å². The Bertz CT molecular complexity index is 1200. The number of rotatable bonds is 14. The quantitative estimate of drug-likeness (QED) is 0.175. The zero-order valence-corrected chi connectivity index (χ0v) is 22.3. The summed E-state index contributed by atoms with van der Waals surface area (Å²) in [5, 5.41) is 13.6. The van der Waals surface area contributed by atoms with Crippen LogP contribution in [0.25, 0.3) is 11.1 Å². The predicted octanol–water partition coefficient (Wildman–Crippen LogP) is 7.15. The highest BCUT2D eigenvalue weighted by Gasteiger charge is 2.41. The van der Waals surface area contributed by atoms with Crippen molar-refractivity contribution < 1.29 is 23.8 Å². The van der Waals surface area contributed by atoms with E-state index in [-0.39, 0.29) is 23.7 Å². The lowest BCUT2D eigenvalue weighted by Crippen LogP contribution is -2.51. The zero-order valence-electron chi connectivity index (χ0n) is 22.3. The smallest absolute Gasteiger partial charge is 0.226 e. The van der Waals surface area contributed by atoms with Gasteiger partial charge in [-0.05, 0) is 72.7 Å². The van der Waals surface area contributed by atoms with Crippen LogP contribution in [0.2, 0.25) is 0 Å². The van der Waals surface area contributed by atoms with Gasteiger partial charge in [0.2, 0.25) is 5.91 Å². The van der Waals surface area contributed by atoms with Crippen LogP contribution in [0.5, 0.6) is 11.5 Å². The summed E-state index contributed by atoms with van der Waals surface area (Å²) in [6, 6.07) is 19.9. The van der Waals surface area contributed by atoms with Crippen molar-refractivity contribution in [2.75, 3.05) is 13.2 Å². The maximum atomic E-state index is 13.2. The number of aliphatic hydroxyl groups is 1. The van der Waals surface area contributed by atoms with Crippen LogP contribution in [0.1, 0.15) is 75.6 Å². The molecule has 38 heavy (non-hydrogen) atoms. The number of benzene rings is 3. The summed E-state index contributed by atoms with van der Waals surface area (Å²) < 4.78 is 25.4. The molecule has 6 heteroatoms. The first-order valence-electron chi connectivity index (χ1n) is 13.7. The fourth-order valence-electron chi connectivity index (χ4n) is 4.72. The number of ether oxygens (including phenoxy) is 2. The van der Waals surface area contributed by atoms with E-state index in [1.807, 2.05) is 30.3 Å². The molecule has 0 unspecified atom stereocenters. The largest absolute Gasteiger partial charge is 0.494 e. The third-order valence-corrected chi connectivity index (χ3v) is 7.08. The number of unbranched alkanes of at least 4 members (excludes halogenated alkanes) is 2. The van der Waals surface area contributed by atoms with Crippen molar-refractivity contribution >= 4 is 5.91 Å². The Labute approximate surface area is 225 Å².